The van der Waals surface area contributed by atoms with Crippen LogP contribution in [-0.4, -0.2) is 30.9 Å². The van der Waals surface area contributed by atoms with E-state index in [2.05, 4.69) is 25.6 Å². The van der Waals surface area contributed by atoms with Crippen molar-refractivity contribution in [3.8, 4) is 17.2 Å². The maximum absolute atomic E-state index is 14.5. The van der Waals surface area contributed by atoms with E-state index in [0.717, 1.165) is 12.1 Å². The first-order valence-electron chi connectivity index (χ1n) is 9.71. The molecular formula is C22H15F3N6O. The number of hydrogen-bond donors (Lipinski definition) is 1. The monoisotopic (exact) mass is 436 g/mol. The number of benzene rings is 2. The number of rotatable bonds is 3. The molecule has 1 N–H and O–H groups in total. The molecule has 0 aliphatic carbocycles. The van der Waals surface area contributed by atoms with E-state index in [4.69, 9.17) is 0 Å². The predicted octanol–water partition coefficient (Wildman–Crippen LogP) is 3.92. The average Bonchev–Trinajstić information content (AvgIpc) is 3.10. The molecule has 7 nitrogen and oxygen atoms in total. The predicted molar refractivity (Wildman–Crippen MR) is 109 cm³/mol. The van der Waals surface area contributed by atoms with Crippen LogP contribution in [0.2, 0.25) is 0 Å². The zero-order chi connectivity index (χ0) is 22.4. The maximum Gasteiger partial charge on any atom is 0.272 e. The summed E-state index contributed by atoms with van der Waals surface area (Å²) in [4.78, 5) is 16.9. The lowest BCUT2D eigenvalue weighted by molar-refractivity contribution is -0.116. The molecule has 10 heteroatoms. The van der Waals surface area contributed by atoms with Crippen molar-refractivity contribution in [3.63, 3.8) is 0 Å². The number of anilines is 1. The Hall–Kier alpha value is -4.08. The van der Waals surface area contributed by atoms with Crippen LogP contribution < -0.4 is 5.32 Å². The normalized spacial score (nSPS) is 15.4. The second-order valence-corrected chi connectivity index (χ2v) is 7.38. The molecule has 160 valence electrons. The number of amides is 1. The standard InChI is InChI=1S/C22H15F3N6O/c1-11-20-16(15-7-6-14(24)8-17(15)25)9-19(32)28-21(20)31(30-11)22-27-18(10-26-29-22)12-2-4-13(23)5-3-12/h2-8,10,16H,9H2,1H3,(H,28,32)/t16-/m1/s1. The quantitative estimate of drug-likeness (QED) is 0.526. The minimum absolute atomic E-state index is 0.0171. The van der Waals surface area contributed by atoms with Crippen molar-refractivity contribution < 1.29 is 18.0 Å². The van der Waals surface area contributed by atoms with Gasteiger partial charge >= 0.3 is 0 Å². The third-order valence-corrected chi connectivity index (χ3v) is 5.32. The van der Waals surface area contributed by atoms with Gasteiger partial charge in [0, 0.05) is 29.5 Å². The van der Waals surface area contributed by atoms with E-state index >= 15 is 0 Å². The van der Waals surface area contributed by atoms with Gasteiger partial charge in [-0.25, -0.2) is 18.2 Å². The Balaban J connectivity index is 1.62. The van der Waals surface area contributed by atoms with E-state index in [9.17, 15) is 18.0 Å². The lowest BCUT2D eigenvalue weighted by Crippen LogP contribution is -2.25. The van der Waals surface area contributed by atoms with Crippen molar-refractivity contribution in [3.05, 3.63) is 82.9 Å². The number of aromatic nitrogens is 5. The molecule has 1 atom stereocenters. The Labute approximate surface area is 179 Å². The van der Waals surface area contributed by atoms with Gasteiger partial charge in [-0.3, -0.25) is 4.79 Å². The van der Waals surface area contributed by atoms with Crippen molar-refractivity contribution in [2.75, 3.05) is 5.32 Å². The van der Waals surface area contributed by atoms with Crippen LogP contribution in [-0.2, 0) is 4.79 Å². The number of fused-ring (bicyclic) bond motifs is 1. The minimum Gasteiger partial charge on any atom is -0.310 e. The summed E-state index contributed by atoms with van der Waals surface area (Å²) in [6.07, 6.45) is 1.41. The number of hydrogen-bond acceptors (Lipinski definition) is 5. The molecule has 1 aliphatic rings. The Morgan fingerprint density at radius 3 is 2.56 bits per heavy atom. The van der Waals surface area contributed by atoms with Crippen molar-refractivity contribution >= 4 is 11.7 Å². The highest BCUT2D eigenvalue weighted by molar-refractivity contribution is 5.95. The van der Waals surface area contributed by atoms with Crippen LogP contribution in [0.3, 0.4) is 0 Å². The Bertz CT molecular complexity index is 1350. The minimum atomic E-state index is -0.737. The largest absolute Gasteiger partial charge is 0.310 e. The van der Waals surface area contributed by atoms with Gasteiger partial charge in [-0.2, -0.15) is 14.9 Å². The fraction of sp³-hybridized carbons (Fsp3) is 0.136. The zero-order valence-electron chi connectivity index (χ0n) is 16.7. The highest BCUT2D eigenvalue weighted by atomic mass is 19.1. The topological polar surface area (TPSA) is 85.6 Å². The van der Waals surface area contributed by atoms with Gasteiger partial charge in [0.25, 0.3) is 5.95 Å². The van der Waals surface area contributed by atoms with E-state index in [1.807, 2.05) is 0 Å². The molecule has 2 aromatic carbocycles. The van der Waals surface area contributed by atoms with Gasteiger partial charge in [-0.1, -0.05) is 6.07 Å². The maximum atomic E-state index is 14.5. The fourth-order valence-electron chi connectivity index (χ4n) is 3.89. The van der Waals surface area contributed by atoms with Crippen molar-refractivity contribution in [1.29, 1.82) is 0 Å². The molecule has 0 bridgehead atoms. The third-order valence-electron chi connectivity index (χ3n) is 5.32. The summed E-state index contributed by atoms with van der Waals surface area (Å²) in [5, 5.41) is 15.2. The zero-order valence-corrected chi connectivity index (χ0v) is 16.7. The van der Waals surface area contributed by atoms with Crippen molar-refractivity contribution in [2.45, 2.75) is 19.3 Å². The van der Waals surface area contributed by atoms with E-state index in [1.54, 1.807) is 19.1 Å². The van der Waals surface area contributed by atoms with Gasteiger partial charge in [0.15, 0.2) is 0 Å². The van der Waals surface area contributed by atoms with Crippen LogP contribution in [0.15, 0.2) is 48.7 Å². The highest BCUT2D eigenvalue weighted by Gasteiger charge is 2.34. The average molecular weight is 436 g/mol. The highest BCUT2D eigenvalue weighted by Crippen LogP contribution is 2.40. The molecule has 32 heavy (non-hydrogen) atoms. The van der Waals surface area contributed by atoms with Crippen LogP contribution in [0.25, 0.3) is 17.2 Å². The molecule has 0 unspecified atom stereocenters. The summed E-state index contributed by atoms with van der Waals surface area (Å²) in [5.74, 6) is -2.44. The molecular weight excluding hydrogens is 421 g/mol. The molecule has 2 aromatic heterocycles. The SMILES string of the molecule is Cc1nn(-c2nncc(-c3ccc(F)cc3)n2)c2c1[C@@H](c1ccc(F)cc1F)CC(=O)N2. The van der Waals surface area contributed by atoms with Crippen LogP contribution in [0.1, 0.15) is 29.2 Å². The van der Waals surface area contributed by atoms with Gasteiger partial charge in [0.05, 0.1) is 17.6 Å². The van der Waals surface area contributed by atoms with Crippen LogP contribution in [0, 0.1) is 24.4 Å². The lowest BCUT2D eigenvalue weighted by atomic mass is 9.85. The molecule has 0 saturated heterocycles. The molecule has 3 heterocycles. The number of carbonyl (C=O) groups is 1. The third kappa shape index (κ3) is 3.39. The molecule has 0 spiro atoms. The number of carbonyl (C=O) groups excluding carboxylic acids is 1. The van der Waals surface area contributed by atoms with Gasteiger partial charge in [-0.15, -0.1) is 5.10 Å². The summed E-state index contributed by atoms with van der Waals surface area (Å²) in [5.41, 5.74) is 2.37. The molecule has 0 saturated carbocycles. The Morgan fingerprint density at radius 2 is 1.81 bits per heavy atom. The number of halogens is 3. The first kappa shape index (κ1) is 19.9. The van der Waals surface area contributed by atoms with Crippen LogP contribution >= 0.6 is 0 Å². The molecule has 0 fully saturated rings. The van der Waals surface area contributed by atoms with Crippen molar-refractivity contribution in [1.82, 2.24) is 25.0 Å². The van der Waals surface area contributed by atoms with E-state index in [1.165, 1.54) is 29.1 Å². The van der Waals surface area contributed by atoms with Crippen LogP contribution in [0.4, 0.5) is 19.0 Å². The number of nitrogens with one attached hydrogen (secondary N) is 1. The Morgan fingerprint density at radius 1 is 1.06 bits per heavy atom. The number of aryl methyl sites for hydroxylation is 1. The summed E-state index contributed by atoms with van der Waals surface area (Å²) in [6, 6.07) is 9.01. The molecule has 1 aliphatic heterocycles. The Kier molecular flexibility index (Phi) is 4.69. The molecule has 5 rings (SSSR count). The summed E-state index contributed by atoms with van der Waals surface area (Å²) < 4.78 is 42.5. The van der Waals surface area contributed by atoms with Gasteiger partial charge in [-0.05, 0) is 42.8 Å². The van der Waals surface area contributed by atoms with Crippen molar-refractivity contribution in [2.24, 2.45) is 0 Å². The lowest BCUT2D eigenvalue weighted by Gasteiger charge is -2.24. The smallest absolute Gasteiger partial charge is 0.272 e. The second-order valence-electron chi connectivity index (χ2n) is 7.38. The number of nitrogens with zero attached hydrogens (tertiary/aromatic N) is 5. The van der Waals surface area contributed by atoms with Gasteiger partial charge in [0.1, 0.15) is 23.3 Å². The first-order chi connectivity index (χ1) is 15.4. The first-order valence-corrected chi connectivity index (χ1v) is 9.71. The van der Waals surface area contributed by atoms with E-state index < -0.39 is 17.6 Å². The van der Waals surface area contributed by atoms with Crippen LogP contribution in [0.5, 0.6) is 0 Å². The fourth-order valence-corrected chi connectivity index (χ4v) is 3.89. The van der Waals surface area contributed by atoms with E-state index in [0.29, 0.717) is 28.3 Å². The second kappa shape index (κ2) is 7.56. The summed E-state index contributed by atoms with van der Waals surface area (Å²) in [6.45, 7) is 1.72. The van der Waals surface area contributed by atoms with Gasteiger partial charge in [0.2, 0.25) is 5.91 Å². The summed E-state index contributed by atoms with van der Waals surface area (Å²) in [7, 11) is 0. The molecule has 0 radical (unpaired) electrons. The van der Waals surface area contributed by atoms with Gasteiger partial charge < -0.3 is 5.32 Å². The molecule has 4 aromatic rings. The summed E-state index contributed by atoms with van der Waals surface area (Å²) >= 11 is 0. The molecule has 1 amide bonds. The van der Waals surface area contributed by atoms with E-state index in [-0.39, 0.29) is 29.7 Å².